The van der Waals surface area contributed by atoms with Gasteiger partial charge in [0.1, 0.15) is 0 Å². The van der Waals surface area contributed by atoms with Gasteiger partial charge in [-0.2, -0.15) is 0 Å². The first-order valence-electron chi connectivity index (χ1n) is 8.82. The first kappa shape index (κ1) is 14.0. The number of likely N-dealkylation sites (N-methyl/N-ethyl adjacent to an activating group) is 1. The Hall–Kier alpha value is -0.610. The van der Waals surface area contributed by atoms with Crippen LogP contribution in [0.15, 0.2) is 0 Å². The molecule has 0 aromatic heterocycles. The fraction of sp³-hybridized carbons (Fsp3) is 0.941. The van der Waals surface area contributed by atoms with Crippen molar-refractivity contribution in [1.29, 1.82) is 0 Å². The maximum Gasteiger partial charge on any atom is 0.236 e. The van der Waals surface area contributed by atoms with Gasteiger partial charge in [-0.3, -0.25) is 9.69 Å². The lowest BCUT2D eigenvalue weighted by molar-refractivity contribution is -0.130. The summed E-state index contributed by atoms with van der Waals surface area (Å²) in [5.41, 5.74) is 0. The highest BCUT2D eigenvalue weighted by atomic mass is 16.2. The highest BCUT2D eigenvalue weighted by Gasteiger charge is 2.64. The number of rotatable bonds is 4. The molecule has 0 spiro atoms. The van der Waals surface area contributed by atoms with Crippen LogP contribution in [0.25, 0.3) is 0 Å². The number of nitrogens with zero attached hydrogens (tertiary/aromatic N) is 2. The monoisotopic (exact) mass is 291 g/mol. The maximum atomic E-state index is 11.8. The third kappa shape index (κ3) is 2.50. The number of amides is 1. The first-order valence-corrected chi connectivity index (χ1v) is 8.82. The van der Waals surface area contributed by atoms with Crippen LogP contribution in [0.4, 0.5) is 0 Å². The van der Waals surface area contributed by atoms with Gasteiger partial charge >= 0.3 is 0 Å². The van der Waals surface area contributed by atoms with Crippen LogP contribution in [0.5, 0.6) is 0 Å². The molecule has 4 atom stereocenters. The first-order chi connectivity index (χ1) is 10.1. The van der Waals surface area contributed by atoms with E-state index < -0.39 is 0 Å². The van der Waals surface area contributed by atoms with E-state index in [-0.39, 0.29) is 5.91 Å². The Morgan fingerprint density at radius 2 is 1.71 bits per heavy atom. The number of fused-ring (bicyclic) bond motifs is 5. The molecule has 4 heteroatoms. The maximum absolute atomic E-state index is 11.8. The third-order valence-electron chi connectivity index (χ3n) is 6.61. The van der Waals surface area contributed by atoms with E-state index in [4.69, 9.17) is 0 Å². The molecule has 0 aromatic rings. The molecule has 4 nitrogen and oxygen atoms in total. The van der Waals surface area contributed by atoms with Gasteiger partial charge in [0, 0.05) is 39.3 Å². The third-order valence-corrected chi connectivity index (χ3v) is 6.61. The topological polar surface area (TPSA) is 35.6 Å². The highest BCUT2D eigenvalue weighted by molar-refractivity contribution is 5.77. The summed E-state index contributed by atoms with van der Waals surface area (Å²) < 4.78 is 0. The Bertz CT molecular complexity index is 400. The van der Waals surface area contributed by atoms with Crippen molar-refractivity contribution in [2.45, 2.75) is 44.2 Å². The van der Waals surface area contributed by atoms with Crippen molar-refractivity contribution in [3.63, 3.8) is 0 Å². The van der Waals surface area contributed by atoms with Gasteiger partial charge < -0.3 is 10.2 Å². The van der Waals surface area contributed by atoms with E-state index in [1.54, 1.807) is 11.3 Å². The molecule has 1 saturated heterocycles. The van der Waals surface area contributed by atoms with E-state index in [9.17, 15) is 4.79 Å². The quantitative estimate of drug-likeness (QED) is 0.845. The lowest BCUT2D eigenvalue weighted by Crippen LogP contribution is -2.47. The van der Waals surface area contributed by atoms with Crippen LogP contribution in [0, 0.1) is 23.7 Å². The number of carbonyl (C=O) groups excluding carboxylic acids is 1. The van der Waals surface area contributed by atoms with E-state index in [0.29, 0.717) is 12.6 Å². The van der Waals surface area contributed by atoms with Crippen molar-refractivity contribution in [2.75, 3.05) is 33.7 Å². The second kappa shape index (κ2) is 5.24. The van der Waals surface area contributed by atoms with E-state index in [2.05, 4.69) is 10.2 Å². The summed E-state index contributed by atoms with van der Waals surface area (Å²) in [7, 11) is 3.69. The summed E-state index contributed by atoms with van der Waals surface area (Å²) in [6.45, 7) is 2.75. The molecule has 4 rings (SSSR count). The zero-order valence-electron chi connectivity index (χ0n) is 13.4. The van der Waals surface area contributed by atoms with Crippen molar-refractivity contribution in [2.24, 2.45) is 23.7 Å². The Kier molecular flexibility index (Phi) is 3.49. The predicted molar refractivity (Wildman–Crippen MR) is 82.9 cm³/mol. The second-order valence-corrected chi connectivity index (χ2v) is 8.02. The van der Waals surface area contributed by atoms with Crippen LogP contribution >= 0.6 is 0 Å². The zero-order chi connectivity index (χ0) is 14.6. The predicted octanol–water partition coefficient (Wildman–Crippen LogP) is 1.17. The minimum Gasteiger partial charge on any atom is -0.348 e. The zero-order valence-corrected chi connectivity index (χ0v) is 13.4. The molecule has 4 fully saturated rings. The highest BCUT2D eigenvalue weighted by Crippen LogP contribution is 2.65. The number of piperidine rings is 1. The largest absolute Gasteiger partial charge is 0.348 e. The fourth-order valence-corrected chi connectivity index (χ4v) is 5.41. The smallest absolute Gasteiger partial charge is 0.236 e. The number of likely N-dealkylation sites (tertiary alicyclic amines) is 1. The van der Waals surface area contributed by atoms with Crippen molar-refractivity contribution in [1.82, 2.24) is 15.1 Å². The minimum atomic E-state index is 0.231. The molecule has 4 aliphatic rings. The van der Waals surface area contributed by atoms with Crippen LogP contribution in [0.3, 0.4) is 0 Å². The van der Waals surface area contributed by atoms with E-state index in [1.165, 1.54) is 25.7 Å². The molecule has 118 valence electrons. The molecule has 1 aliphatic heterocycles. The molecule has 21 heavy (non-hydrogen) atoms. The number of nitrogens with one attached hydrogen (secondary N) is 1. The molecule has 1 amide bonds. The van der Waals surface area contributed by atoms with Crippen LogP contribution in [0.2, 0.25) is 0 Å². The van der Waals surface area contributed by atoms with Gasteiger partial charge in [-0.1, -0.05) is 0 Å². The minimum absolute atomic E-state index is 0.231. The van der Waals surface area contributed by atoms with E-state index >= 15 is 0 Å². The van der Waals surface area contributed by atoms with Gasteiger partial charge in [-0.15, -0.1) is 0 Å². The van der Waals surface area contributed by atoms with Crippen molar-refractivity contribution in [3.05, 3.63) is 0 Å². The van der Waals surface area contributed by atoms with Crippen molar-refractivity contribution >= 4 is 5.91 Å². The Balaban J connectivity index is 1.21. The van der Waals surface area contributed by atoms with Gasteiger partial charge in [0.2, 0.25) is 5.91 Å². The van der Waals surface area contributed by atoms with E-state index in [0.717, 1.165) is 42.8 Å². The number of hydrogen-bond donors (Lipinski definition) is 1. The van der Waals surface area contributed by atoms with Crippen molar-refractivity contribution in [3.8, 4) is 0 Å². The molecule has 0 aromatic carbocycles. The number of hydrogen-bond acceptors (Lipinski definition) is 3. The Morgan fingerprint density at radius 1 is 1.10 bits per heavy atom. The lowest BCUT2D eigenvalue weighted by Gasteiger charge is -2.33. The normalized spacial score (nSPS) is 42.1. The summed E-state index contributed by atoms with van der Waals surface area (Å²) in [5, 5.41) is 3.97. The molecule has 3 aliphatic carbocycles. The second-order valence-electron chi connectivity index (χ2n) is 8.02. The molecule has 1 N–H and O–H groups in total. The molecule has 4 unspecified atom stereocenters. The van der Waals surface area contributed by atoms with Crippen LogP contribution in [-0.4, -0.2) is 61.5 Å². The molecular weight excluding hydrogens is 262 g/mol. The molecule has 1 heterocycles. The lowest BCUT2D eigenvalue weighted by atomic mass is 10.0. The molecular formula is C17H29N3O. The molecule has 3 saturated carbocycles. The van der Waals surface area contributed by atoms with Gasteiger partial charge in [-0.25, -0.2) is 0 Å². The SMILES string of the molecule is CN(C)C(=O)CN1CCC(NC2C3C4CCC(C4)C23)CC1. The molecule has 0 radical (unpaired) electrons. The average molecular weight is 291 g/mol. The standard InChI is InChI=1S/C17H29N3O/c1-19(2)14(21)10-20-7-5-13(6-8-20)18-17-15-11-3-4-12(9-11)16(15)17/h11-13,15-18H,3-10H2,1-2H3. The summed E-state index contributed by atoms with van der Waals surface area (Å²) in [6, 6.07) is 1.56. The van der Waals surface area contributed by atoms with Crippen molar-refractivity contribution < 1.29 is 4.79 Å². The summed E-state index contributed by atoms with van der Waals surface area (Å²) in [5.74, 6) is 4.44. The number of carbonyl (C=O) groups is 1. The Morgan fingerprint density at radius 3 is 2.29 bits per heavy atom. The van der Waals surface area contributed by atoms with Crippen LogP contribution < -0.4 is 5.32 Å². The van der Waals surface area contributed by atoms with Crippen LogP contribution in [-0.2, 0) is 4.79 Å². The Labute approximate surface area is 128 Å². The molecule has 2 bridgehead atoms. The van der Waals surface area contributed by atoms with Gasteiger partial charge in [0.25, 0.3) is 0 Å². The summed E-state index contributed by atoms with van der Waals surface area (Å²) in [6.07, 6.45) is 6.99. The van der Waals surface area contributed by atoms with Gasteiger partial charge in [-0.05, 0) is 55.8 Å². The van der Waals surface area contributed by atoms with Crippen LogP contribution in [0.1, 0.15) is 32.1 Å². The van der Waals surface area contributed by atoms with Gasteiger partial charge in [0.05, 0.1) is 6.54 Å². The summed E-state index contributed by atoms with van der Waals surface area (Å²) >= 11 is 0. The van der Waals surface area contributed by atoms with E-state index in [1.807, 2.05) is 14.1 Å². The van der Waals surface area contributed by atoms with Gasteiger partial charge in [0.15, 0.2) is 0 Å². The fourth-order valence-electron chi connectivity index (χ4n) is 5.41. The average Bonchev–Trinajstić information content (AvgIpc) is 2.85. The summed E-state index contributed by atoms with van der Waals surface area (Å²) in [4.78, 5) is 15.8.